The van der Waals surface area contributed by atoms with Gasteiger partial charge in [-0.05, 0) is 56.3 Å². The third kappa shape index (κ3) is 4.51. The monoisotopic (exact) mass is 389 g/mol. The van der Waals surface area contributed by atoms with Crippen LogP contribution in [-0.2, 0) is 0 Å². The smallest absolute Gasteiger partial charge is 0.422 e. The molecule has 0 unspecified atom stereocenters. The molecule has 1 aromatic carbocycles. The van der Waals surface area contributed by atoms with E-state index in [0.717, 1.165) is 11.4 Å². The van der Waals surface area contributed by atoms with Gasteiger partial charge in [0.05, 0.1) is 5.56 Å². The van der Waals surface area contributed by atoms with Crippen LogP contribution in [0.5, 0.6) is 5.75 Å². The SMILES string of the molecule is Cc1cc(C(=O)Nc2ccc(OCC(F)(F)F)cc2)c(C)n1-c1ccccn1. The molecular weight excluding hydrogens is 371 g/mol. The fraction of sp³-hybridized carbons (Fsp3) is 0.200. The highest BCUT2D eigenvalue weighted by atomic mass is 19.4. The average molecular weight is 389 g/mol. The van der Waals surface area contributed by atoms with Crippen LogP contribution in [0.3, 0.4) is 0 Å². The van der Waals surface area contributed by atoms with Crippen LogP contribution in [0.4, 0.5) is 18.9 Å². The first-order valence-corrected chi connectivity index (χ1v) is 8.46. The molecule has 5 nitrogen and oxygen atoms in total. The summed E-state index contributed by atoms with van der Waals surface area (Å²) in [6.07, 6.45) is -2.72. The number of benzene rings is 1. The molecule has 1 N–H and O–H groups in total. The van der Waals surface area contributed by atoms with E-state index in [-0.39, 0.29) is 11.7 Å². The summed E-state index contributed by atoms with van der Waals surface area (Å²) in [7, 11) is 0. The predicted molar refractivity (Wildman–Crippen MR) is 99.0 cm³/mol. The Morgan fingerprint density at radius 2 is 1.86 bits per heavy atom. The van der Waals surface area contributed by atoms with Crippen molar-refractivity contribution in [1.29, 1.82) is 0 Å². The minimum absolute atomic E-state index is 0.0728. The van der Waals surface area contributed by atoms with Gasteiger partial charge in [0.15, 0.2) is 6.61 Å². The van der Waals surface area contributed by atoms with Crippen molar-refractivity contribution in [2.45, 2.75) is 20.0 Å². The molecule has 146 valence electrons. The van der Waals surface area contributed by atoms with Gasteiger partial charge >= 0.3 is 6.18 Å². The van der Waals surface area contributed by atoms with E-state index >= 15 is 0 Å². The molecule has 2 heterocycles. The standard InChI is InChI=1S/C20H18F3N3O2/c1-13-11-17(14(2)26(13)18-5-3-4-10-24-18)19(27)25-15-6-8-16(9-7-15)28-12-20(21,22)23/h3-11H,12H2,1-2H3,(H,25,27). The lowest BCUT2D eigenvalue weighted by molar-refractivity contribution is -0.153. The van der Waals surface area contributed by atoms with Gasteiger partial charge in [0, 0.05) is 23.3 Å². The molecule has 0 saturated carbocycles. The normalized spacial score (nSPS) is 11.3. The molecule has 0 aliphatic rings. The first kappa shape index (κ1) is 19.5. The van der Waals surface area contributed by atoms with Crippen LogP contribution >= 0.6 is 0 Å². The molecule has 0 bridgehead atoms. The van der Waals surface area contributed by atoms with Crippen molar-refractivity contribution in [2.24, 2.45) is 0 Å². The minimum Gasteiger partial charge on any atom is -0.484 e. The lowest BCUT2D eigenvalue weighted by Crippen LogP contribution is -2.19. The second-order valence-electron chi connectivity index (χ2n) is 6.19. The molecule has 1 amide bonds. The number of hydrogen-bond donors (Lipinski definition) is 1. The van der Waals surface area contributed by atoms with Gasteiger partial charge in [-0.2, -0.15) is 13.2 Å². The zero-order valence-corrected chi connectivity index (χ0v) is 15.2. The number of pyridine rings is 1. The summed E-state index contributed by atoms with van der Waals surface area (Å²) < 4.78 is 43.1. The van der Waals surface area contributed by atoms with E-state index in [1.54, 1.807) is 12.3 Å². The second kappa shape index (κ2) is 7.75. The van der Waals surface area contributed by atoms with Crippen LogP contribution in [0.25, 0.3) is 5.82 Å². The van der Waals surface area contributed by atoms with Crippen molar-refractivity contribution in [1.82, 2.24) is 9.55 Å². The molecule has 0 aliphatic carbocycles. The number of nitrogens with zero attached hydrogens (tertiary/aromatic N) is 2. The molecule has 3 rings (SSSR count). The van der Waals surface area contributed by atoms with Crippen molar-refractivity contribution in [3.63, 3.8) is 0 Å². The van der Waals surface area contributed by atoms with Gasteiger partial charge in [-0.15, -0.1) is 0 Å². The maximum atomic E-state index is 12.6. The topological polar surface area (TPSA) is 56.1 Å². The van der Waals surface area contributed by atoms with Gasteiger partial charge in [0.1, 0.15) is 11.6 Å². The number of hydrogen-bond acceptors (Lipinski definition) is 3. The summed E-state index contributed by atoms with van der Waals surface area (Å²) in [4.78, 5) is 17.0. The Labute approximate surface area is 159 Å². The predicted octanol–water partition coefficient (Wildman–Crippen LogP) is 4.68. The van der Waals surface area contributed by atoms with Crippen LogP contribution in [0.1, 0.15) is 21.7 Å². The van der Waals surface area contributed by atoms with E-state index in [2.05, 4.69) is 15.0 Å². The first-order valence-electron chi connectivity index (χ1n) is 8.46. The van der Waals surface area contributed by atoms with Crippen LogP contribution in [0.15, 0.2) is 54.7 Å². The Hall–Kier alpha value is -3.29. The van der Waals surface area contributed by atoms with E-state index in [9.17, 15) is 18.0 Å². The number of nitrogens with one attached hydrogen (secondary N) is 1. The summed E-state index contributed by atoms with van der Waals surface area (Å²) in [6, 6.07) is 13.0. The molecule has 0 spiro atoms. The fourth-order valence-corrected chi connectivity index (χ4v) is 2.83. The molecule has 0 radical (unpaired) electrons. The van der Waals surface area contributed by atoms with Crippen LogP contribution < -0.4 is 10.1 Å². The quantitative estimate of drug-likeness (QED) is 0.689. The number of carbonyl (C=O) groups excluding carboxylic acids is 1. The van der Waals surface area contributed by atoms with Crippen molar-refractivity contribution >= 4 is 11.6 Å². The number of anilines is 1. The highest BCUT2D eigenvalue weighted by Gasteiger charge is 2.28. The van der Waals surface area contributed by atoms with E-state index < -0.39 is 12.8 Å². The third-order valence-electron chi connectivity index (χ3n) is 4.07. The zero-order valence-electron chi connectivity index (χ0n) is 15.2. The molecule has 0 aliphatic heterocycles. The molecule has 2 aromatic heterocycles. The van der Waals surface area contributed by atoms with E-state index in [1.165, 1.54) is 24.3 Å². The maximum Gasteiger partial charge on any atom is 0.422 e. The van der Waals surface area contributed by atoms with Crippen molar-refractivity contribution < 1.29 is 22.7 Å². The van der Waals surface area contributed by atoms with Gasteiger partial charge in [-0.25, -0.2) is 4.98 Å². The summed E-state index contributed by atoms with van der Waals surface area (Å²) >= 11 is 0. The number of aromatic nitrogens is 2. The van der Waals surface area contributed by atoms with Crippen LogP contribution in [0, 0.1) is 13.8 Å². The summed E-state index contributed by atoms with van der Waals surface area (Å²) in [5.41, 5.74) is 2.53. The molecular formula is C20H18F3N3O2. The van der Waals surface area contributed by atoms with Crippen molar-refractivity contribution in [2.75, 3.05) is 11.9 Å². The Morgan fingerprint density at radius 1 is 1.14 bits per heavy atom. The minimum atomic E-state index is -4.40. The summed E-state index contributed by atoms with van der Waals surface area (Å²) in [5.74, 6) is 0.464. The van der Waals surface area contributed by atoms with Gasteiger partial charge in [-0.3, -0.25) is 4.79 Å². The Balaban J connectivity index is 1.73. The lowest BCUT2D eigenvalue weighted by atomic mass is 10.2. The second-order valence-corrected chi connectivity index (χ2v) is 6.19. The van der Waals surface area contributed by atoms with Crippen molar-refractivity contribution in [3.05, 3.63) is 71.7 Å². The molecule has 0 fully saturated rings. The number of ether oxygens (including phenoxy) is 1. The number of amides is 1. The number of aryl methyl sites for hydroxylation is 1. The first-order chi connectivity index (χ1) is 13.2. The molecule has 0 saturated heterocycles. The van der Waals surface area contributed by atoms with Crippen LogP contribution in [0.2, 0.25) is 0 Å². The van der Waals surface area contributed by atoms with Gasteiger partial charge in [0.2, 0.25) is 0 Å². The fourth-order valence-electron chi connectivity index (χ4n) is 2.83. The highest BCUT2D eigenvalue weighted by molar-refractivity contribution is 6.05. The highest BCUT2D eigenvalue weighted by Crippen LogP contribution is 2.23. The van der Waals surface area contributed by atoms with Crippen LogP contribution in [-0.4, -0.2) is 28.2 Å². The van der Waals surface area contributed by atoms with Gasteiger partial charge < -0.3 is 14.6 Å². The van der Waals surface area contributed by atoms with Gasteiger partial charge in [-0.1, -0.05) is 6.07 Å². The molecule has 28 heavy (non-hydrogen) atoms. The summed E-state index contributed by atoms with van der Waals surface area (Å²) in [5, 5.41) is 2.74. The number of halogens is 3. The van der Waals surface area contributed by atoms with E-state index in [1.807, 2.05) is 36.6 Å². The number of carbonyl (C=O) groups is 1. The van der Waals surface area contributed by atoms with E-state index in [0.29, 0.717) is 17.1 Å². The Morgan fingerprint density at radius 3 is 2.46 bits per heavy atom. The summed E-state index contributed by atoms with van der Waals surface area (Å²) in [6.45, 7) is 2.34. The zero-order chi connectivity index (χ0) is 20.3. The largest absolute Gasteiger partial charge is 0.484 e. The maximum absolute atomic E-state index is 12.6. The number of alkyl halides is 3. The number of rotatable bonds is 5. The lowest BCUT2D eigenvalue weighted by Gasteiger charge is -2.10. The molecule has 0 atom stereocenters. The molecule has 8 heteroatoms. The Bertz CT molecular complexity index is 965. The molecule has 3 aromatic rings. The van der Waals surface area contributed by atoms with Gasteiger partial charge in [0.25, 0.3) is 5.91 Å². The third-order valence-corrected chi connectivity index (χ3v) is 4.07. The Kier molecular flexibility index (Phi) is 5.39. The van der Waals surface area contributed by atoms with Crippen molar-refractivity contribution in [3.8, 4) is 11.6 Å². The van der Waals surface area contributed by atoms with E-state index in [4.69, 9.17) is 0 Å². The average Bonchev–Trinajstić information content (AvgIpc) is 2.95.